The first-order valence-electron chi connectivity index (χ1n) is 5.78. The van der Waals surface area contributed by atoms with Gasteiger partial charge in [-0.15, -0.1) is 0 Å². The van der Waals surface area contributed by atoms with E-state index in [1.807, 2.05) is 6.92 Å². The van der Waals surface area contributed by atoms with E-state index < -0.39 is 4.92 Å². The minimum absolute atomic E-state index is 0.0767. The molecule has 0 saturated heterocycles. The van der Waals surface area contributed by atoms with Crippen LogP contribution in [0.2, 0.25) is 5.02 Å². The van der Waals surface area contributed by atoms with E-state index in [9.17, 15) is 10.1 Å². The fourth-order valence-corrected chi connectivity index (χ4v) is 1.74. The van der Waals surface area contributed by atoms with Crippen molar-refractivity contribution in [2.45, 2.75) is 6.92 Å². The number of halogens is 1. The van der Waals surface area contributed by atoms with Crippen molar-refractivity contribution in [3.63, 3.8) is 0 Å². The zero-order valence-corrected chi connectivity index (χ0v) is 11.6. The van der Waals surface area contributed by atoms with Gasteiger partial charge < -0.3 is 10.1 Å². The number of ether oxygens (including phenoxy) is 1. The molecule has 7 heteroatoms. The number of pyridine rings is 1. The summed E-state index contributed by atoms with van der Waals surface area (Å²) < 4.78 is 5.55. The molecule has 0 spiro atoms. The van der Waals surface area contributed by atoms with Crippen molar-refractivity contribution in [3.8, 4) is 11.6 Å². The van der Waals surface area contributed by atoms with Gasteiger partial charge in [-0.1, -0.05) is 17.7 Å². The number of aryl methyl sites for hydroxylation is 1. The van der Waals surface area contributed by atoms with Crippen molar-refractivity contribution in [1.29, 1.82) is 0 Å². The van der Waals surface area contributed by atoms with Gasteiger partial charge in [0.15, 0.2) is 0 Å². The molecular weight excluding hydrogens is 282 g/mol. The number of hydrogen-bond acceptors (Lipinski definition) is 5. The van der Waals surface area contributed by atoms with Crippen LogP contribution in [0.3, 0.4) is 0 Å². The van der Waals surface area contributed by atoms with E-state index in [-0.39, 0.29) is 11.6 Å². The van der Waals surface area contributed by atoms with E-state index >= 15 is 0 Å². The third-order valence-electron chi connectivity index (χ3n) is 2.65. The summed E-state index contributed by atoms with van der Waals surface area (Å²) in [6.07, 6.45) is 0. The molecule has 0 aliphatic rings. The maximum absolute atomic E-state index is 11.0. The number of nitro groups is 1. The molecule has 0 amide bonds. The Morgan fingerprint density at radius 3 is 2.75 bits per heavy atom. The summed E-state index contributed by atoms with van der Waals surface area (Å²) in [5, 5.41) is 14.3. The lowest BCUT2D eigenvalue weighted by Gasteiger charge is -2.09. The Morgan fingerprint density at radius 1 is 1.35 bits per heavy atom. The molecule has 104 valence electrons. The molecular formula is C13H12ClN3O3. The second-order valence-corrected chi connectivity index (χ2v) is 4.48. The van der Waals surface area contributed by atoms with Gasteiger partial charge in [-0.2, -0.15) is 4.98 Å². The first kappa shape index (κ1) is 14.1. The highest BCUT2D eigenvalue weighted by Gasteiger charge is 2.19. The van der Waals surface area contributed by atoms with Crippen LogP contribution in [0.5, 0.6) is 11.6 Å². The molecule has 0 atom stereocenters. The molecule has 20 heavy (non-hydrogen) atoms. The highest BCUT2D eigenvalue weighted by atomic mass is 35.5. The van der Waals surface area contributed by atoms with Crippen LogP contribution in [0.25, 0.3) is 0 Å². The SMILES string of the molecule is CNc1ccc([N+](=O)[O-])c(Oc2cc(Cl)ccc2C)n1. The van der Waals surface area contributed by atoms with E-state index in [2.05, 4.69) is 10.3 Å². The topological polar surface area (TPSA) is 77.3 Å². The lowest BCUT2D eigenvalue weighted by atomic mass is 10.2. The van der Waals surface area contributed by atoms with Crippen LogP contribution >= 0.6 is 11.6 Å². The summed E-state index contributed by atoms with van der Waals surface area (Å²) in [4.78, 5) is 14.5. The Bertz CT molecular complexity index is 661. The van der Waals surface area contributed by atoms with Crippen LogP contribution in [0, 0.1) is 17.0 Å². The van der Waals surface area contributed by atoms with Gasteiger partial charge in [0.05, 0.1) is 4.92 Å². The molecule has 1 N–H and O–H groups in total. The molecule has 0 aliphatic heterocycles. The molecule has 6 nitrogen and oxygen atoms in total. The molecule has 2 rings (SSSR count). The fraction of sp³-hybridized carbons (Fsp3) is 0.154. The fourth-order valence-electron chi connectivity index (χ4n) is 1.57. The van der Waals surface area contributed by atoms with Crippen molar-refractivity contribution in [2.24, 2.45) is 0 Å². The number of rotatable bonds is 4. The van der Waals surface area contributed by atoms with Gasteiger partial charge in [-0.05, 0) is 30.7 Å². The Labute approximate surface area is 120 Å². The van der Waals surface area contributed by atoms with Crippen LogP contribution in [0.1, 0.15) is 5.56 Å². The van der Waals surface area contributed by atoms with Crippen LogP contribution < -0.4 is 10.1 Å². The van der Waals surface area contributed by atoms with Gasteiger partial charge in [-0.3, -0.25) is 10.1 Å². The third kappa shape index (κ3) is 2.97. The van der Waals surface area contributed by atoms with Gasteiger partial charge in [0, 0.05) is 18.1 Å². The first-order valence-corrected chi connectivity index (χ1v) is 6.16. The average Bonchev–Trinajstić information content (AvgIpc) is 2.42. The standard InChI is InChI=1S/C13H12ClN3O3/c1-8-3-4-9(14)7-11(8)20-13-10(17(18)19)5-6-12(15-2)16-13/h3-7H,1-2H3,(H,15,16). The summed E-state index contributed by atoms with van der Waals surface area (Å²) in [6, 6.07) is 7.93. The second kappa shape index (κ2) is 5.75. The molecule has 0 aliphatic carbocycles. The second-order valence-electron chi connectivity index (χ2n) is 4.04. The Hall–Kier alpha value is -2.34. The third-order valence-corrected chi connectivity index (χ3v) is 2.88. The van der Waals surface area contributed by atoms with Crippen molar-refractivity contribution in [3.05, 3.63) is 51.0 Å². The van der Waals surface area contributed by atoms with E-state index in [4.69, 9.17) is 16.3 Å². The molecule has 1 aromatic heterocycles. The average molecular weight is 294 g/mol. The van der Waals surface area contributed by atoms with Crippen LogP contribution in [0.4, 0.5) is 11.5 Å². The first-order chi connectivity index (χ1) is 9.51. The molecule has 2 aromatic rings. The van der Waals surface area contributed by atoms with Gasteiger partial charge >= 0.3 is 11.6 Å². The van der Waals surface area contributed by atoms with E-state index in [0.717, 1.165) is 5.56 Å². The minimum Gasteiger partial charge on any atom is -0.433 e. The number of anilines is 1. The van der Waals surface area contributed by atoms with Crippen LogP contribution in [-0.4, -0.2) is 17.0 Å². The quantitative estimate of drug-likeness (QED) is 0.685. The molecule has 1 heterocycles. The largest absolute Gasteiger partial charge is 0.433 e. The van der Waals surface area contributed by atoms with Crippen molar-refractivity contribution in [1.82, 2.24) is 4.98 Å². The van der Waals surface area contributed by atoms with Gasteiger partial charge in [0.2, 0.25) is 0 Å². The molecule has 0 saturated carbocycles. The number of nitrogens with zero attached hydrogens (tertiary/aromatic N) is 2. The molecule has 0 fully saturated rings. The van der Waals surface area contributed by atoms with Crippen molar-refractivity contribution < 1.29 is 9.66 Å². The van der Waals surface area contributed by atoms with Crippen molar-refractivity contribution >= 4 is 23.1 Å². The van der Waals surface area contributed by atoms with E-state index in [1.165, 1.54) is 12.1 Å². The predicted octanol–water partition coefficient (Wildman–Crippen LogP) is 3.79. The lowest BCUT2D eigenvalue weighted by molar-refractivity contribution is -0.386. The molecule has 0 unspecified atom stereocenters. The van der Waals surface area contributed by atoms with Gasteiger partial charge in [0.25, 0.3) is 0 Å². The lowest BCUT2D eigenvalue weighted by Crippen LogP contribution is -2.00. The Balaban J connectivity index is 2.45. The molecule has 0 radical (unpaired) electrons. The maximum atomic E-state index is 11.0. The predicted molar refractivity (Wildman–Crippen MR) is 76.7 cm³/mol. The summed E-state index contributed by atoms with van der Waals surface area (Å²) in [5.41, 5.74) is 0.601. The van der Waals surface area contributed by atoms with Crippen molar-refractivity contribution in [2.75, 3.05) is 12.4 Å². The van der Waals surface area contributed by atoms with Gasteiger partial charge in [-0.25, -0.2) is 0 Å². The zero-order valence-electron chi connectivity index (χ0n) is 10.9. The summed E-state index contributed by atoms with van der Waals surface area (Å²) in [5.74, 6) is 0.832. The normalized spacial score (nSPS) is 10.2. The number of nitrogens with one attached hydrogen (secondary N) is 1. The monoisotopic (exact) mass is 293 g/mol. The smallest absolute Gasteiger partial charge is 0.331 e. The number of aromatic nitrogens is 1. The zero-order chi connectivity index (χ0) is 14.7. The van der Waals surface area contributed by atoms with Gasteiger partial charge in [0.1, 0.15) is 11.6 Å². The number of hydrogen-bond donors (Lipinski definition) is 1. The molecule has 0 bridgehead atoms. The Kier molecular flexibility index (Phi) is 4.05. The minimum atomic E-state index is -0.540. The van der Waals surface area contributed by atoms with E-state index in [1.54, 1.807) is 25.2 Å². The number of benzene rings is 1. The van der Waals surface area contributed by atoms with E-state index in [0.29, 0.717) is 16.6 Å². The van der Waals surface area contributed by atoms with Crippen LogP contribution in [0.15, 0.2) is 30.3 Å². The summed E-state index contributed by atoms with van der Waals surface area (Å²) >= 11 is 5.90. The Morgan fingerprint density at radius 2 is 2.10 bits per heavy atom. The summed E-state index contributed by atoms with van der Waals surface area (Å²) in [6.45, 7) is 1.82. The highest BCUT2D eigenvalue weighted by Crippen LogP contribution is 2.33. The summed E-state index contributed by atoms with van der Waals surface area (Å²) in [7, 11) is 1.67. The molecule has 1 aromatic carbocycles. The maximum Gasteiger partial charge on any atom is 0.331 e. The highest BCUT2D eigenvalue weighted by molar-refractivity contribution is 6.30. The van der Waals surface area contributed by atoms with Crippen LogP contribution in [-0.2, 0) is 0 Å².